The van der Waals surface area contributed by atoms with Crippen LogP contribution in [-0.2, 0) is 16.1 Å². The number of halogens is 1. The molecule has 2 N–H and O–H groups in total. The van der Waals surface area contributed by atoms with Crippen molar-refractivity contribution >= 4 is 11.9 Å². The number of benzene rings is 1. The van der Waals surface area contributed by atoms with Crippen molar-refractivity contribution < 1.29 is 19.1 Å². The molecule has 0 aromatic heterocycles. The van der Waals surface area contributed by atoms with Crippen LogP contribution >= 0.6 is 0 Å². The van der Waals surface area contributed by atoms with Crippen molar-refractivity contribution in [3.63, 3.8) is 0 Å². The van der Waals surface area contributed by atoms with Gasteiger partial charge in [-0.05, 0) is 24.1 Å². The number of amides is 1. The summed E-state index contributed by atoms with van der Waals surface area (Å²) < 4.78 is 13.2. The number of carbonyl (C=O) groups excluding carboxylic acids is 1. The van der Waals surface area contributed by atoms with Gasteiger partial charge in [-0.15, -0.1) is 0 Å². The molecular formula is C14H17FN2O3. The number of hydrogen-bond donors (Lipinski definition) is 2. The monoisotopic (exact) mass is 280 g/mol. The molecule has 1 fully saturated rings. The maximum Gasteiger partial charge on any atom is 0.305 e. The molecule has 1 heterocycles. The van der Waals surface area contributed by atoms with Gasteiger partial charge in [-0.3, -0.25) is 14.5 Å². The molecule has 1 aliphatic rings. The molecule has 0 aliphatic carbocycles. The van der Waals surface area contributed by atoms with Crippen molar-refractivity contribution in [2.24, 2.45) is 0 Å². The Hall–Kier alpha value is -1.95. The van der Waals surface area contributed by atoms with E-state index in [1.807, 2.05) is 4.90 Å². The van der Waals surface area contributed by atoms with Crippen LogP contribution in [0, 0.1) is 12.7 Å². The van der Waals surface area contributed by atoms with Crippen LogP contribution in [0.15, 0.2) is 18.2 Å². The lowest BCUT2D eigenvalue weighted by Gasteiger charge is -2.34. The molecule has 1 aromatic rings. The van der Waals surface area contributed by atoms with Crippen LogP contribution in [0.25, 0.3) is 0 Å². The van der Waals surface area contributed by atoms with Crippen molar-refractivity contribution in [1.82, 2.24) is 10.2 Å². The van der Waals surface area contributed by atoms with E-state index in [1.54, 1.807) is 19.1 Å². The van der Waals surface area contributed by atoms with Gasteiger partial charge in [-0.25, -0.2) is 4.39 Å². The Kier molecular flexibility index (Phi) is 4.34. The Bertz CT molecular complexity index is 533. The zero-order valence-electron chi connectivity index (χ0n) is 11.2. The minimum absolute atomic E-state index is 0.230. The lowest BCUT2D eigenvalue weighted by molar-refractivity contribution is -0.143. The molecule has 20 heavy (non-hydrogen) atoms. The molecule has 5 nitrogen and oxygen atoms in total. The fourth-order valence-electron chi connectivity index (χ4n) is 2.38. The third kappa shape index (κ3) is 3.33. The Morgan fingerprint density at radius 2 is 2.30 bits per heavy atom. The zero-order chi connectivity index (χ0) is 14.7. The second kappa shape index (κ2) is 6.00. The van der Waals surface area contributed by atoms with Gasteiger partial charge in [-0.1, -0.05) is 12.1 Å². The SMILES string of the molecule is Cc1cc(CN2CCNC(=O)C2CC(=O)O)ccc1F. The van der Waals surface area contributed by atoms with Crippen molar-refractivity contribution in [1.29, 1.82) is 0 Å². The standard InChI is InChI=1S/C14H17FN2O3/c1-9-6-10(2-3-11(9)15)8-17-5-4-16-14(20)12(17)7-13(18)19/h2-3,6,12H,4-5,7-8H2,1H3,(H,16,20)(H,18,19). The number of nitrogens with zero attached hydrogens (tertiary/aromatic N) is 1. The number of carbonyl (C=O) groups is 2. The molecule has 1 unspecified atom stereocenters. The predicted octanol–water partition coefficient (Wildman–Crippen LogP) is 0.909. The molecule has 1 aliphatic heterocycles. The topological polar surface area (TPSA) is 69.6 Å². The molecule has 1 aromatic carbocycles. The minimum Gasteiger partial charge on any atom is -0.481 e. The molecule has 0 saturated carbocycles. The second-order valence-electron chi connectivity index (χ2n) is 4.96. The van der Waals surface area contributed by atoms with Crippen molar-refractivity contribution in [3.8, 4) is 0 Å². The predicted molar refractivity (Wildman–Crippen MR) is 70.6 cm³/mol. The van der Waals surface area contributed by atoms with E-state index < -0.39 is 12.0 Å². The third-order valence-electron chi connectivity index (χ3n) is 3.42. The Morgan fingerprint density at radius 3 is 2.95 bits per heavy atom. The fraction of sp³-hybridized carbons (Fsp3) is 0.429. The highest BCUT2D eigenvalue weighted by molar-refractivity contribution is 5.86. The number of nitrogens with one attached hydrogen (secondary N) is 1. The van der Waals surface area contributed by atoms with Crippen molar-refractivity contribution in [2.75, 3.05) is 13.1 Å². The van der Waals surface area contributed by atoms with E-state index >= 15 is 0 Å². The van der Waals surface area contributed by atoms with Gasteiger partial charge in [0.15, 0.2) is 0 Å². The lowest BCUT2D eigenvalue weighted by Crippen LogP contribution is -2.55. The van der Waals surface area contributed by atoms with Gasteiger partial charge in [0.05, 0.1) is 6.42 Å². The number of aliphatic carboxylic acids is 1. The number of aryl methyl sites for hydroxylation is 1. The summed E-state index contributed by atoms with van der Waals surface area (Å²) in [5.74, 6) is -1.54. The van der Waals surface area contributed by atoms with Gasteiger partial charge in [0, 0.05) is 19.6 Å². The number of piperazine rings is 1. The first-order valence-electron chi connectivity index (χ1n) is 6.46. The van der Waals surface area contributed by atoms with E-state index in [9.17, 15) is 14.0 Å². The van der Waals surface area contributed by atoms with E-state index in [4.69, 9.17) is 5.11 Å². The molecule has 0 radical (unpaired) electrons. The Balaban J connectivity index is 2.13. The first-order chi connectivity index (χ1) is 9.47. The first kappa shape index (κ1) is 14.5. The maximum absolute atomic E-state index is 13.2. The highest BCUT2D eigenvalue weighted by Crippen LogP contribution is 2.16. The average Bonchev–Trinajstić information content (AvgIpc) is 2.38. The van der Waals surface area contributed by atoms with Crippen LogP contribution < -0.4 is 5.32 Å². The summed E-state index contributed by atoms with van der Waals surface area (Å²) in [5.41, 5.74) is 1.41. The van der Waals surface area contributed by atoms with Crippen molar-refractivity contribution in [2.45, 2.75) is 25.9 Å². The van der Waals surface area contributed by atoms with Gasteiger partial charge < -0.3 is 10.4 Å². The summed E-state index contributed by atoms with van der Waals surface area (Å²) in [5, 5.41) is 11.6. The van der Waals surface area contributed by atoms with Gasteiger partial charge in [0.1, 0.15) is 11.9 Å². The summed E-state index contributed by atoms with van der Waals surface area (Å²) in [7, 11) is 0. The zero-order valence-corrected chi connectivity index (χ0v) is 11.2. The molecule has 1 amide bonds. The molecule has 6 heteroatoms. The number of rotatable bonds is 4. The highest BCUT2D eigenvalue weighted by atomic mass is 19.1. The lowest BCUT2D eigenvalue weighted by atomic mass is 10.1. The Morgan fingerprint density at radius 1 is 1.55 bits per heavy atom. The fourth-order valence-corrected chi connectivity index (χ4v) is 2.38. The molecule has 2 rings (SSSR count). The minimum atomic E-state index is -1.01. The molecular weight excluding hydrogens is 263 g/mol. The largest absolute Gasteiger partial charge is 0.481 e. The van der Waals surface area contributed by atoms with Gasteiger partial charge in [0.2, 0.25) is 5.91 Å². The van der Waals surface area contributed by atoms with Crippen LogP contribution in [0.5, 0.6) is 0 Å². The first-order valence-corrected chi connectivity index (χ1v) is 6.46. The van der Waals surface area contributed by atoms with Crippen LogP contribution in [0.4, 0.5) is 4.39 Å². The van der Waals surface area contributed by atoms with Gasteiger partial charge in [0.25, 0.3) is 0 Å². The number of hydrogen-bond acceptors (Lipinski definition) is 3. The van der Waals surface area contributed by atoms with Crippen molar-refractivity contribution in [3.05, 3.63) is 35.1 Å². The number of carboxylic acids is 1. The summed E-state index contributed by atoms with van der Waals surface area (Å²) in [4.78, 5) is 24.4. The van der Waals surface area contributed by atoms with E-state index in [0.29, 0.717) is 25.2 Å². The molecule has 1 saturated heterocycles. The van der Waals surface area contributed by atoms with Crippen LogP contribution in [0.1, 0.15) is 17.5 Å². The summed E-state index contributed by atoms with van der Waals surface area (Å²) in [6.45, 7) is 3.19. The third-order valence-corrected chi connectivity index (χ3v) is 3.42. The van der Waals surface area contributed by atoms with Gasteiger partial charge >= 0.3 is 5.97 Å². The molecule has 0 spiro atoms. The molecule has 1 atom stereocenters. The van der Waals surface area contributed by atoms with E-state index in [0.717, 1.165) is 5.56 Å². The smallest absolute Gasteiger partial charge is 0.305 e. The average molecular weight is 280 g/mol. The summed E-state index contributed by atoms with van der Waals surface area (Å²) in [6.07, 6.45) is -0.230. The normalized spacial score (nSPS) is 19.7. The highest BCUT2D eigenvalue weighted by Gasteiger charge is 2.31. The van der Waals surface area contributed by atoms with Crippen LogP contribution in [0.2, 0.25) is 0 Å². The quantitative estimate of drug-likeness (QED) is 0.860. The maximum atomic E-state index is 13.2. The van der Waals surface area contributed by atoms with Gasteiger partial charge in [-0.2, -0.15) is 0 Å². The summed E-state index contributed by atoms with van der Waals surface area (Å²) in [6, 6.07) is 4.10. The van der Waals surface area contributed by atoms with Crippen LogP contribution in [0.3, 0.4) is 0 Å². The second-order valence-corrected chi connectivity index (χ2v) is 4.96. The molecule has 0 bridgehead atoms. The molecule has 108 valence electrons. The van der Waals surface area contributed by atoms with E-state index in [1.165, 1.54) is 6.07 Å². The Labute approximate surface area is 116 Å². The van der Waals surface area contributed by atoms with E-state index in [2.05, 4.69) is 5.32 Å². The van der Waals surface area contributed by atoms with Crippen LogP contribution in [-0.4, -0.2) is 41.0 Å². The van der Waals surface area contributed by atoms with E-state index in [-0.39, 0.29) is 18.1 Å². The number of carboxylic acid groups (broad SMARTS) is 1. The summed E-state index contributed by atoms with van der Waals surface area (Å²) >= 11 is 0.